The van der Waals surface area contributed by atoms with Gasteiger partial charge in [0.15, 0.2) is 0 Å². The predicted molar refractivity (Wildman–Crippen MR) is 65.0 cm³/mol. The number of hydrogen-bond donors (Lipinski definition) is 1. The van der Waals surface area contributed by atoms with Gasteiger partial charge in [-0.15, -0.1) is 0 Å². The Bertz CT molecular complexity index is 388. The molecule has 1 aromatic rings. The minimum atomic E-state index is -0.191. The van der Waals surface area contributed by atoms with Gasteiger partial charge in [0, 0.05) is 15.7 Å². The van der Waals surface area contributed by atoms with Crippen LogP contribution >= 0.6 is 15.9 Å². The van der Waals surface area contributed by atoms with Crippen LogP contribution in [0, 0.1) is 0 Å². The number of hydrogen-bond acceptors (Lipinski definition) is 2. The summed E-state index contributed by atoms with van der Waals surface area (Å²) in [5.41, 5.74) is 4.00. The summed E-state index contributed by atoms with van der Waals surface area (Å²) >= 11 is 3.31. The Morgan fingerprint density at radius 2 is 2.27 bits per heavy atom. The second-order valence-electron chi connectivity index (χ2n) is 3.15. The number of benzene rings is 1. The molecule has 0 heterocycles. The lowest BCUT2D eigenvalue weighted by Gasteiger charge is -2.01. The first kappa shape index (κ1) is 11.9. The molecule has 0 saturated heterocycles. The van der Waals surface area contributed by atoms with E-state index in [0.717, 1.165) is 16.6 Å². The molecule has 0 aliphatic heterocycles. The number of amides is 1. The van der Waals surface area contributed by atoms with E-state index in [4.69, 9.17) is 0 Å². The summed E-state index contributed by atoms with van der Waals surface area (Å²) in [6, 6.07) is 7.19. The second kappa shape index (κ2) is 5.66. The van der Waals surface area contributed by atoms with Crippen LogP contribution in [0.5, 0.6) is 0 Å². The molecule has 1 N–H and O–H groups in total. The van der Waals surface area contributed by atoms with Gasteiger partial charge in [0.2, 0.25) is 0 Å². The van der Waals surface area contributed by atoms with Gasteiger partial charge < -0.3 is 0 Å². The number of rotatable bonds is 3. The number of hydrazone groups is 1. The molecule has 0 aliphatic rings. The first-order valence-electron chi connectivity index (χ1n) is 4.72. The van der Waals surface area contributed by atoms with Crippen molar-refractivity contribution in [1.29, 1.82) is 0 Å². The van der Waals surface area contributed by atoms with E-state index in [-0.39, 0.29) is 5.91 Å². The molecule has 1 rings (SSSR count). The molecule has 0 fully saturated rings. The van der Waals surface area contributed by atoms with Crippen molar-refractivity contribution in [3.8, 4) is 0 Å². The van der Waals surface area contributed by atoms with Crippen molar-refractivity contribution in [2.24, 2.45) is 5.10 Å². The van der Waals surface area contributed by atoms with Crippen LogP contribution in [0.1, 0.15) is 30.6 Å². The van der Waals surface area contributed by atoms with Crippen molar-refractivity contribution in [3.05, 3.63) is 34.3 Å². The summed E-state index contributed by atoms with van der Waals surface area (Å²) in [4.78, 5) is 11.6. The van der Waals surface area contributed by atoms with Gasteiger partial charge in [-0.3, -0.25) is 4.79 Å². The third kappa shape index (κ3) is 3.83. The molecule has 0 spiro atoms. The van der Waals surface area contributed by atoms with Crippen LogP contribution in [0.4, 0.5) is 0 Å². The number of nitrogens with zero attached hydrogens (tertiary/aromatic N) is 1. The topological polar surface area (TPSA) is 41.5 Å². The van der Waals surface area contributed by atoms with Crippen molar-refractivity contribution in [1.82, 2.24) is 5.43 Å². The molecule has 1 amide bonds. The zero-order chi connectivity index (χ0) is 11.3. The fourth-order valence-corrected chi connectivity index (χ4v) is 1.32. The predicted octanol–water partition coefficient (Wildman–Crippen LogP) is 2.96. The molecule has 0 atom stereocenters. The van der Waals surface area contributed by atoms with Crippen LogP contribution in [-0.4, -0.2) is 11.6 Å². The molecule has 0 saturated carbocycles. The monoisotopic (exact) mass is 268 g/mol. The molecular weight excluding hydrogens is 256 g/mol. The fraction of sp³-hybridized carbons (Fsp3) is 0.273. The van der Waals surface area contributed by atoms with Crippen molar-refractivity contribution >= 4 is 27.5 Å². The third-order valence-electron chi connectivity index (χ3n) is 1.95. The number of carbonyl (C=O) groups is 1. The molecule has 80 valence electrons. The number of halogens is 1. The van der Waals surface area contributed by atoms with Crippen LogP contribution in [0.3, 0.4) is 0 Å². The standard InChI is InChI=1S/C11H13BrN2O/c1-3-8(2)13-14-11(15)9-5-4-6-10(12)7-9/h4-7H,3H2,1-2H3,(H,14,15). The van der Waals surface area contributed by atoms with E-state index in [0.29, 0.717) is 5.56 Å². The molecule has 3 nitrogen and oxygen atoms in total. The maximum Gasteiger partial charge on any atom is 0.271 e. The SMILES string of the molecule is CCC(C)=NNC(=O)c1cccc(Br)c1. The molecule has 0 aliphatic carbocycles. The molecule has 0 bridgehead atoms. The van der Waals surface area contributed by atoms with Gasteiger partial charge in [-0.25, -0.2) is 5.43 Å². The van der Waals surface area contributed by atoms with E-state index >= 15 is 0 Å². The van der Waals surface area contributed by atoms with Gasteiger partial charge in [-0.1, -0.05) is 28.9 Å². The fourth-order valence-electron chi connectivity index (χ4n) is 0.920. The highest BCUT2D eigenvalue weighted by atomic mass is 79.9. The first-order valence-corrected chi connectivity index (χ1v) is 5.52. The van der Waals surface area contributed by atoms with E-state index in [9.17, 15) is 4.79 Å². The molecular formula is C11H13BrN2O. The van der Waals surface area contributed by atoms with E-state index in [2.05, 4.69) is 26.5 Å². The van der Waals surface area contributed by atoms with E-state index in [1.54, 1.807) is 12.1 Å². The van der Waals surface area contributed by atoms with Crippen LogP contribution in [0.15, 0.2) is 33.8 Å². The Morgan fingerprint density at radius 3 is 2.87 bits per heavy atom. The lowest BCUT2D eigenvalue weighted by molar-refractivity contribution is 0.0954. The summed E-state index contributed by atoms with van der Waals surface area (Å²) in [5, 5.41) is 3.95. The minimum absolute atomic E-state index is 0.191. The van der Waals surface area contributed by atoms with Gasteiger partial charge in [0.05, 0.1) is 0 Å². The zero-order valence-electron chi connectivity index (χ0n) is 8.75. The zero-order valence-corrected chi connectivity index (χ0v) is 10.3. The summed E-state index contributed by atoms with van der Waals surface area (Å²) in [7, 11) is 0. The number of nitrogens with one attached hydrogen (secondary N) is 1. The van der Waals surface area contributed by atoms with Gasteiger partial charge >= 0.3 is 0 Å². The summed E-state index contributed by atoms with van der Waals surface area (Å²) in [6.45, 7) is 3.87. The van der Waals surface area contributed by atoms with Gasteiger partial charge in [0.1, 0.15) is 0 Å². The largest absolute Gasteiger partial charge is 0.271 e. The Morgan fingerprint density at radius 1 is 1.53 bits per heavy atom. The van der Waals surface area contributed by atoms with E-state index in [1.165, 1.54) is 0 Å². The second-order valence-corrected chi connectivity index (χ2v) is 4.07. The Hall–Kier alpha value is -1.16. The highest BCUT2D eigenvalue weighted by molar-refractivity contribution is 9.10. The summed E-state index contributed by atoms with van der Waals surface area (Å²) in [5.74, 6) is -0.191. The molecule has 4 heteroatoms. The lowest BCUT2D eigenvalue weighted by atomic mass is 10.2. The minimum Gasteiger partial charge on any atom is -0.267 e. The Balaban J connectivity index is 2.70. The van der Waals surface area contributed by atoms with Crippen LogP contribution in [-0.2, 0) is 0 Å². The van der Waals surface area contributed by atoms with Crippen molar-refractivity contribution in [3.63, 3.8) is 0 Å². The highest BCUT2D eigenvalue weighted by Crippen LogP contribution is 2.11. The Labute approximate surface area is 97.7 Å². The van der Waals surface area contributed by atoms with E-state index < -0.39 is 0 Å². The van der Waals surface area contributed by atoms with Gasteiger partial charge in [-0.05, 0) is 31.5 Å². The quantitative estimate of drug-likeness (QED) is 0.665. The molecule has 0 aromatic heterocycles. The molecule has 0 unspecified atom stereocenters. The maximum absolute atomic E-state index is 11.6. The Kier molecular flexibility index (Phi) is 4.49. The van der Waals surface area contributed by atoms with E-state index in [1.807, 2.05) is 26.0 Å². The van der Waals surface area contributed by atoms with Crippen LogP contribution < -0.4 is 5.43 Å². The molecule has 0 radical (unpaired) electrons. The third-order valence-corrected chi connectivity index (χ3v) is 2.44. The first-order chi connectivity index (χ1) is 7.13. The summed E-state index contributed by atoms with van der Waals surface area (Å²) in [6.07, 6.45) is 0.832. The van der Waals surface area contributed by atoms with Crippen LogP contribution in [0.2, 0.25) is 0 Å². The number of carbonyl (C=O) groups excluding carboxylic acids is 1. The van der Waals surface area contributed by atoms with Crippen molar-refractivity contribution < 1.29 is 4.79 Å². The summed E-state index contributed by atoms with van der Waals surface area (Å²) < 4.78 is 0.881. The van der Waals surface area contributed by atoms with Gasteiger partial charge in [-0.2, -0.15) is 5.10 Å². The van der Waals surface area contributed by atoms with Crippen molar-refractivity contribution in [2.75, 3.05) is 0 Å². The molecule has 1 aromatic carbocycles. The smallest absolute Gasteiger partial charge is 0.267 e. The average Bonchev–Trinajstić information content (AvgIpc) is 2.25. The lowest BCUT2D eigenvalue weighted by Crippen LogP contribution is -2.18. The van der Waals surface area contributed by atoms with Crippen LogP contribution in [0.25, 0.3) is 0 Å². The average molecular weight is 269 g/mol. The normalized spacial score (nSPS) is 11.3. The molecule has 15 heavy (non-hydrogen) atoms. The van der Waals surface area contributed by atoms with Gasteiger partial charge in [0.25, 0.3) is 5.91 Å². The maximum atomic E-state index is 11.6. The van der Waals surface area contributed by atoms with Crippen molar-refractivity contribution in [2.45, 2.75) is 20.3 Å². The highest BCUT2D eigenvalue weighted by Gasteiger charge is 2.03.